The maximum atomic E-state index is 12.9. The summed E-state index contributed by atoms with van der Waals surface area (Å²) in [6, 6.07) is 9.93. The molecule has 1 atom stereocenters. The fourth-order valence-corrected chi connectivity index (χ4v) is 3.13. The van der Waals surface area contributed by atoms with Gasteiger partial charge in [-0.1, -0.05) is 36.4 Å². The lowest BCUT2D eigenvalue weighted by Gasteiger charge is -2.26. The van der Waals surface area contributed by atoms with Gasteiger partial charge in [-0.2, -0.15) is 0 Å². The van der Waals surface area contributed by atoms with Crippen molar-refractivity contribution in [3.05, 3.63) is 59.5 Å². The van der Waals surface area contributed by atoms with E-state index in [0.29, 0.717) is 25.3 Å². The molecule has 0 spiro atoms. The number of rotatable bonds is 9. The number of nitrogens with one attached hydrogen (secondary N) is 1. The summed E-state index contributed by atoms with van der Waals surface area (Å²) in [6.07, 6.45) is 4.86. The van der Waals surface area contributed by atoms with Gasteiger partial charge in [0.05, 0.1) is 13.2 Å². The van der Waals surface area contributed by atoms with E-state index >= 15 is 0 Å². The Labute approximate surface area is 156 Å². The SMILES string of the molecule is COCC(C)NC(=O)C1=C(c2ccccc2)C(CN(C)CCO)=CC[CH]1. The molecule has 0 fully saturated rings. The number of aliphatic hydroxyl groups excluding tert-OH is 1. The van der Waals surface area contributed by atoms with E-state index in [4.69, 9.17) is 4.74 Å². The van der Waals surface area contributed by atoms with Crippen LogP contribution in [0, 0.1) is 6.42 Å². The predicted molar refractivity (Wildman–Crippen MR) is 104 cm³/mol. The Morgan fingerprint density at radius 3 is 2.73 bits per heavy atom. The van der Waals surface area contributed by atoms with Gasteiger partial charge in [0.15, 0.2) is 0 Å². The second-order valence-corrected chi connectivity index (χ2v) is 6.62. The quantitative estimate of drug-likeness (QED) is 0.710. The van der Waals surface area contributed by atoms with Crippen molar-refractivity contribution in [1.82, 2.24) is 10.2 Å². The van der Waals surface area contributed by atoms with Gasteiger partial charge in [-0.25, -0.2) is 0 Å². The topological polar surface area (TPSA) is 61.8 Å². The number of amides is 1. The molecule has 5 nitrogen and oxygen atoms in total. The largest absolute Gasteiger partial charge is 0.395 e. The van der Waals surface area contributed by atoms with E-state index in [1.54, 1.807) is 7.11 Å². The van der Waals surface area contributed by atoms with Crippen LogP contribution in [-0.4, -0.2) is 62.4 Å². The molecule has 2 rings (SSSR count). The average molecular weight is 357 g/mol. The van der Waals surface area contributed by atoms with Crippen LogP contribution in [0.1, 0.15) is 18.9 Å². The lowest BCUT2D eigenvalue weighted by atomic mass is 9.85. The van der Waals surface area contributed by atoms with E-state index in [0.717, 1.165) is 23.1 Å². The van der Waals surface area contributed by atoms with Crippen molar-refractivity contribution in [3.8, 4) is 0 Å². The number of nitrogens with zero attached hydrogens (tertiary/aromatic N) is 1. The second kappa shape index (κ2) is 10.3. The highest BCUT2D eigenvalue weighted by Gasteiger charge is 2.24. The molecule has 1 unspecified atom stereocenters. The number of allylic oxidation sites excluding steroid dienone is 1. The number of aliphatic hydroxyl groups is 1. The molecule has 0 saturated carbocycles. The van der Waals surface area contributed by atoms with E-state index in [-0.39, 0.29) is 18.6 Å². The summed E-state index contributed by atoms with van der Waals surface area (Å²) in [7, 11) is 3.60. The van der Waals surface area contributed by atoms with Crippen molar-refractivity contribution < 1.29 is 14.6 Å². The molecule has 0 aromatic heterocycles. The van der Waals surface area contributed by atoms with Gasteiger partial charge in [0.1, 0.15) is 0 Å². The first kappa shape index (κ1) is 20.4. The standard InChI is InChI=1S/C21H29N2O3/c1-16(15-26-3)22-21(25)19-11-7-10-18(14-23(2)12-13-24)20(19)17-8-5-4-6-9-17/h4-6,8-11,16,24H,7,12-15H2,1-3H3,(H,22,25). The van der Waals surface area contributed by atoms with Crippen molar-refractivity contribution >= 4 is 11.5 Å². The molecule has 0 bridgehead atoms. The fourth-order valence-electron chi connectivity index (χ4n) is 3.13. The van der Waals surface area contributed by atoms with Gasteiger partial charge in [-0.15, -0.1) is 0 Å². The van der Waals surface area contributed by atoms with Crippen LogP contribution in [0.15, 0.2) is 47.6 Å². The van der Waals surface area contributed by atoms with Gasteiger partial charge in [0.25, 0.3) is 0 Å². The molecular formula is C21H29N2O3. The van der Waals surface area contributed by atoms with E-state index in [1.165, 1.54) is 0 Å². The Morgan fingerprint density at radius 1 is 1.35 bits per heavy atom. The highest BCUT2D eigenvalue weighted by atomic mass is 16.5. The fraction of sp³-hybridized carbons (Fsp3) is 0.429. The first-order valence-corrected chi connectivity index (χ1v) is 8.98. The minimum Gasteiger partial charge on any atom is -0.395 e. The molecule has 1 aromatic carbocycles. The molecule has 2 N–H and O–H groups in total. The summed E-state index contributed by atoms with van der Waals surface area (Å²) in [5.41, 5.74) is 3.80. The molecule has 141 valence electrons. The van der Waals surface area contributed by atoms with E-state index in [9.17, 15) is 9.90 Å². The third kappa shape index (κ3) is 5.53. The molecule has 1 amide bonds. The highest BCUT2D eigenvalue weighted by molar-refractivity contribution is 6.07. The third-order valence-corrected chi connectivity index (χ3v) is 4.30. The maximum Gasteiger partial charge on any atom is 0.248 e. The summed E-state index contributed by atoms with van der Waals surface area (Å²) in [6.45, 7) is 3.79. The number of methoxy groups -OCH3 is 1. The Kier molecular flexibility index (Phi) is 8.04. The van der Waals surface area contributed by atoms with Crippen LogP contribution in [0.2, 0.25) is 0 Å². The summed E-state index contributed by atoms with van der Waals surface area (Å²) in [5, 5.41) is 12.2. The van der Waals surface area contributed by atoms with Gasteiger partial charge < -0.3 is 15.2 Å². The number of hydrogen-bond donors (Lipinski definition) is 2. The number of carbonyl (C=O) groups is 1. The van der Waals surface area contributed by atoms with E-state index in [2.05, 4.69) is 16.3 Å². The average Bonchev–Trinajstić information content (AvgIpc) is 2.62. The van der Waals surface area contributed by atoms with Crippen LogP contribution < -0.4 is 5.32 Å². The zero-order valence-electron chi connectivity index (χ0n) is 15.9. The van der Waals surface area contributed by atoms with Gasteiger partial charge in [0, 0.05) is 38.2 Å². The van der Waals surface area contributed by atoms with E-state index in [1.807, 2.05) is 50.7 Å². The second-order valence-electron chi connectivity index (χ2n) is 6.62. The van der Waals surface area contributed by atoms with Gasteiger partial charge >= 0.3 is 0 Å². The highest BCUT2D eigenvalue weighted by Crippen LogP contribution is 2.33. The molecule has 0 aliphatic heterocycles. The van der Waals surface area contributed by atoms with Gasteiger partial charge in [0.2, 0.25) is 5.91 Å². The summed E-state index contributed by atoms with van der Waals surface area (Å²) in [5.74, 6) is -0.0798. The van der Waals surface area contributed by atoms with Gasteiger partial charge in [-0.3, -0.25) is 9.69 Å². The third-order valence-electron chi connectivity index (χ3n) is 4.30. The predicted octanol–water partition coefficient (Wildman–Crippen LogP) is 2.05. The zero-order valence-corrected chi connectivity index (χ0v) is 15.9. The minimum absolute atomic E-state index is 0.0585. The smallest absolute Gasteiger partial charge is 0.248 e. The van der Waals surface area contributed by atoms with Crippen molar-refractivity contribution in [2.45, 2.75) is 19.4 Å². The maximum absolute atomic E-state index is 12.9. The Morgan fingerprint density at radius 2 is 2.08 bits per heavy atom. The van der Waals surface area contributed by atoms with Gasteiger partial charge in [-0.05, 0) is 37.1 Å². The van der Waals surface area contributed by atoms with Crippen molar-refractivity contribution in [3.63, 3.8) is 0 Å². The van der Waals surface area contributed by atoms with Crippen LogP contribution in [-0.2, 0) is 9.53 Å². The number of ether oxygens (including phenoxy) is 1. The summed E-state index contributed by atoms with van der Waals surface area (Å²) >= 11 is 0. The van der Waals surface area contributed by atoms with Crippen molar-refractivity contribution in [2.75, 3.05) is 40.5 Å². The molecule has 0 saturated heterocycles. The van der Waals surface area contributed by atoms with Crippen molar-refractivity contribution in [1.29, 1.82) is 0 Å². The summed E-state index contributed by atoms with van der Waals surface area (Å²) < 4.78 is 5.12. The van der Waals surface area contributed by atoms with Crippen LogP contribution in [0.5, 0.6) is 0 Å². The number of hydrogen-bond acceptors (Lipinski definition) is 4. The van der Waals surface area contributed by atoms with Crippen molar-refractivity contribution in [2.24, 2.45) is 0 Å². The summed E-state index contributed by atoms with van der Waals surface area (Å²) in [4.78, 5) is 14.9. The Balaban J connectivity index is 2.35. The Hall–Kier alpha value is -1.95. The monoisotopic (exact) mass is 357 g/mol. The molecule has 1 aliphatic rings. The first-order chi connectivity index (χ1) is 12.6. The molecule has 1 radical (unpaired) electrons. The normalized spacial score (nSPS) is 15.8. The van der Waals surface area contributed by atoms with Crippen LogP contribution in [0.4, 0.5) is 0 Å². The molecule has 26 heavy (non-hydrogen) atoms. The molecule has 1 aromatic rings. The lowest BCUT2D eigenvalue weighted by Crippen LogP contribution is -2.37. The minimum atomic E-state index is -0.0798. The number of benzene rings is 1. The molecule has 0 heterocycles. The number of likely N-dealkylation sites (N-methyl/N-ethyl adjacent to an activating group) is 1. The Bertz CT molecular complexity index is 652. The molecule has 1 aliphatic carbocycles. The number of carbonyl (C=O) groups excluding carboxylic acids is 1. The van der Waals surface area contributed by atoms with E-state index < -0.39 is 0 Å². The molecular weight excluding hydrogens is 328 g/mol. The zero-order chi connectivity index (χ0) is 18.9. The lowest BCUT2D eigenvalue weighted by molar-refractivity contribution is -0.118. The van der Waals surface area contributed by atoms with Crippen LogP contribution in [0.3, 0.4) is 0 Å². The molecule has 5 heteroatoms. The van der Waals surface area contributed by atoms with Crippen LogP contribution in [0.25, 0.3) is 5.57 Å². The van der Waals surface area contributed by atoms with Crippen LogP contribution >= 0.6 is 0 Å². The first-order valence-electron chi connectivity index (χ1n) is 8.98.